The quantitative estimate of drug-likeness (QED) is 0.825. The molecule has 1 fully saturated rings. The van der Waals surface area contributed by atoms with Crippen LogP contribution in [0.5, 0.6) is 0 Å². The number of esters is 1. The summed E-state index contributed by atoms with van der Waals surface area (Å²) < 4.78 is 4.73. The first kappa shape index (κ1) is 14.5. The fourth-order valence-corrected chi connectivity index (χ4v) is 2.41. The Morgan fingerprint density at radius 2 is 2.20 bits per heavy atom. The summed E-state index contributed by atoms with van der Waals surface area (Å²) in [7, 11) is 1.35. The van der Waals surface area contributed by atoms with Gasteiger partial charge in [0.2, 0.25) is 5.91 Å². The molecule has 1 aromatic rings. The maximum Gasteiger partial charge on any atom is 0.338 e. The maximum absolute atomic E-state index is 12.2. The molecule has 1 heterocycles. The van der Waals surface area contributed by atoms with E-state index in [2.05, 4.69) is 10.6 Å². The second-order valence-electron chi connectivity index (χ2n) is 5.00. The van der Waals surface area contributed by atoms with Crippen LogP contribution >= 0.6 is 0 Å². The predicted molar refractivity (Wildman–Crippen MR) is 76.7 cm³/mol. The van der Waals surface area contributed by atoms with Crippen molar-refractivity contribution in [3.8, 4) is 0 Å². The van der Waals surface area contributed by atoms with E-state index in [-0.39, 0.29) is 11.8 Å². The standard InChI is InChI=1S/C15H20N2O3/c1-10-12(15(19)20-2)6-3-7-13(10)17-14(18)11-5-4-8-16-9-11/h3,6-7,11,16H,4-5,8-9H2,1-2H3,(H,17,18). The molecule has 0 radical (unpaired) electrons. The summed E-state index contributed by atoms with van der Waals surface area (Å²) in [6.07, 6.45) is 1.91. The molecule has 5 heteroatoms. The van der Waals surface area contributed by atoms with Crippen molar-refractivity contribution in [2.75, 3.05) is 25.5 Å². The number of anilines is 1. The molecule has 1 unspecified atom stereocenters. The smallest absolute Gasteiger partial charge is 0.338 e. The van der Waals surface area contributed by atoms with E-state index >= 15 is 0 Å². The number of carbonyl (C=O) groups excluding carboxylic acids is 2. The van der Waals surface area contributed by atoms with Crippen LogP contribution in [0.1, 0.15) is 28.8 Å². The highest BCUT2D eigenvalue weighted by atomic mass is 16.5. The Morgan fingerprint density at radius 3 is 2.85 bits per heavy atom. The molecule has 0 saturated carbocycles. The third-order valence-electron chi connectivity index (χ3n) is 3.66. The van der Waals surface area contributed by atoms with E-state index in [1.54, 1.807) is 25.1 Å². The zero-order valence-electron chi connectivity index (χ0n) is 11.9. The number of ether oxygens (including phenoxy) is 1. The SMILES string of the molecule is COC(=O)c1cccc(NC(=O)C2CCCNC2)c1C. The van der Waals surface area contributed by atoms with E-state index in [0.29, 0.717) is 17.8 Å². The van der Waals surface area contributed by atoms with Crippen molar-refractivity contribution in [2.45, 2.75) is 19.8 Å². The number of piperidine rings is 1. The molecular formula is C15H20N2O3. The molecule has 1 aromatic carbocycles. The molecular weight excluding hydrogens is 256 g/mol. The molecule has 1 aliphatic rings. The Labute approximate surface area is 118 Å². The van der Waals surface area contributed by atoms with E-state index in [0.717, 1.165) is 24.9 Å². The first-order valence-corrected chi connectivity index (χ1v) is 6.83. The molecule has 2 N–H and O–H groups in total. The highest BCUT2D eigenvalue weighted by Crippen LogP contribution is 2.21. The van der Waals surface area contributed by atoms with Gasteiger partial charge in [0.05, 0.1) is 18.6 Å². The molecule has 0 spiro atoms. The number of benzene rings is 1. The Kier molecular flexibility index (Phi) is 4.74. The van der Waals surface area contributed by atoms with Crippen LogP contribution in [-0.4, -0.2) is 32.1 Å². The van der Waals surface area contributed by atoms with Crippen LogP contribution in [0.25, 0.3) is 0 Å². The average Bonchev–Trinajstić information content (AvgIpc) is 2.49. The molecule has 108 valence electrons. The van der Waals surface area contributed by atoms with E-state index in [1.807, 2.05) is 0 Å². The molecule has 1 amide bonds. The van der Waals surface area contributed by atoms with Crippen molar-refractivity contribution in [3.05, 3.63) is 29.3 Å². The number of nitrogens with one attached hydrogen (secondary N) is 2. The molecule has 20 heavy (non-hydrogen) atoms. The Bertz CT molecular complexity index is 508. The fourth-order valence-electron chi connectivity index (χ4n) is 2.41. The Balaban J connectivity index is 2.12. The van der Waals surface area contributed by atoms with Crippen LogP contribution < -0.4 is 10.6 Å². The minimum Gasteiger partial charge on any atom is -0.465 e. The summed E-state index contributed by atoms with van der Waals surface area (Å²) in [5.74, 6) is -0.398. The summed E-state index contributed by atoms with van der Waals surface area (Å²) >= 11 is 0. The number of rotatable bonds is 3. The molecule has 1 aliphatic heterocycles. The van der Waals surface area contributed by atoms with Gasteiger partial charge in [0.15, 0.2) is 0 Å². The minimum atomic E-state index is -0.391. The number of amides is 1. The van der Waals surface area contributed by atoms with E-state index in [9.17, 15) is 9.59 Å². The van der Waals surface area contributed by atoms with Crippen LogP contribution in [0, 0.1) is 12.8 Å². The van der Waals surface area contributed by atoms with E-state index in [4.69, 9.17) is 4.74 Å². The van der Waals surface area contributed by atoms with Crippen LogP contribution in [0.4, 0.5) is 5.69 Å². The fraction of sp³-hybridized carbons (Fsp3) is 0.467. The normalized spacial score (nSPS) is 18.4. The topological polar surface area (TPSA) is 67.4 Å². The van der Waals surface area contributed by atoms with Gasteiger partial charge < -0.3 is 15.4 Å². The Hall–Kier alpha value is -1.88. The number of hydrogen-bond donors (Lipinski definition) is 2. The monoisotopic (exact) mass is 276 g/mol. The van der Waals surface area contributed by atoms with Crippen molar-refractivity contribution >= 4 is 17.6 Å². The van der Waals surface area contributed by atoms with Gasteiger partial charge in [-0.3, -0.25) is 4.79 Å². The third kappa shape index (κ3) is 3.17. The highest BCUT2D eigenvalue weighted by molar-refractivity contribution is 5.97. The van der Waals surface area contributed by atoms with E-state index in [1.165, 1.54) is 7.11 Å². The molecule has 2 rings (SSSR count). The van der Waals surface area contributed by atoms with Gasteiger partial charge in [0.1, 0.15) is 0 Å². The van der Waals surface area contributed by atoms with Crippen LogP contribution in [-0.2, 0) is 9.53 Å². The molecule has 1 saturated heterocycles. The van der Waals surface area contributed by atoms with Crippen molar-refractivity contribution in [1.82, 2.24) is 5.32 Å². The van der Waals surface area contributed by atoms with Gasteiger partial charge in [-0.1, -0.05) is 6.07 Å². The summed E-state index contributed by atoms with van der Waals surface area (Å²) in [5, 5.41) is 6.13. The molecule has 0 aromatic heterocycles. The zero-order valence-corrected chi connectivity index (χ0v) is 11.9. The molecule has 0 bridgehead atoms. The molecule has 5 nitrogen and oxygen atoms in total. The number of hydrogen-bond acceptors (Lipinski definition) is 4. The lowest BCUT2D eigenvalue weighted by atomic mass is 9.98. The second kappa shape index (κ2) is 6.52. The van der Waals surface area contributed by atoms with Gasteiger partial charge in [-0.05, 0) is 44.0 Å². The van der Waals surface area contributed by atoms with Crippen LogP contribution in [0.2, 0.25) is 0 Å². The van der Waals surface area contributed by atoms with Crippen molar-refractivity contribution in [2.24, 2.45) is 5.92 Å². The largest absolute Gasteiger partial charge is 0.465 e. The zero-order chi connectivity index (χ0) is 14.5. The van der Waals surface area contributed by atoms with Crippen molar-refractivity contribution in [3.63, 3.8) is 0 Å². The lowest BCUT2D eigenvalue weighted by molar-refractivity contribution is -0.120. The van der Waals surface area contributed by atoms with Gasteiger partial charge in [-0.15, -0.1) is 0 Å². The maximum atomic E-state index is 12.2. The average molecular weight is 276 g/mol. The van der Waals surface area contributed by atoms with Gasteiger partial charge in [-0.25, -0.2) is 4.79 Å². The summed E-state index contributed by atoms with van der Waals surface area (Å²) in [5.41, 5.74) is 1.88. The van der Waals surface area contributed by atoms with Crippen LogP contribution in [0.15, 0.2) is 18.2 Å². The van der Waals surface area contributed by atoms with Gasteiger partial charge >= 0.3 is 5.97 Å². The molecule has 1 atom stereocenters. The summed E-state index contributed by atoms with van der Waals surface area (Å²) in [6.45, 7) is 3.49. The summed E-state index contributed by atoms with van der Waals surface area (Å²) in [6, 6.07) is 5.24. The van der Waals surface area contributed by atoms with Crippen molar-refractivity contribution in [1.29, 1.82) is 0 Å². The lowest BCUT2D eigenvalue weighted by Gasteiger charge is -2.22. The van der Waals surface area contributed by atoms with Gasteiger partial charge in [0, 0.05) is 12.2 Å². The molecule has 0 aliphatic carbocycles. The highest BCUT2D eigenvalue weighted by Gasteiger charge is 2.22. The minimum absolute atomic E-state index is 0.00214. The lowest BCUT2D eigenvalue weighted by Crippen LogP contribution is -2.37. The van der Waals surface area contributed by atoms with E-state index < -0.39 is 5.97 Å². The number of methoxy groups -OCH3 is 1. The predicted octanol–water partition coefficient (Wildman–Crippen LogP) is 1.72. The first-order chi connectivity index (χ1) is 9.63. The first-order valence-electron chi connectivity index (χ1n) is 6.83. The van der Waals surface area contributed by atoms with Gasteiger partial charge in [0.25, 0.3) is 0 Å². The van der Waals surface area contributed by atoms with Crippen molar-refractivity contribution < 1.29 is 14.3 Å². The Morgan fingerprint density at radius 1 is 1.40 bits per heavy atom. The van der Waals surface area contributed by atoms with Gasteiger partial charge in [-0.2, -0.15) is 0 Å². The number of carbonyl (C=O) groups is 2. The third-order valence-corrected chi connectivity index (χ3v) is 3.66. The second-order valence-corrected chi connectivity index (χ2v) is 5.00. The van der Waals surface area contributed by atoms with Crippen LogP contribution in [0.3, 0.4) is 0 Å². The summed E-state index contributed by atoms with van der Waals surface area (Å²) in [4.78, 5) is 23.8.